The minimum Gasteiger partial charge on any atom is -0.336 e. The highest BCUT2D eigenvalue weighted by Gasteiger charge is 2.24. The first kappa shape index (κ1) is 14.0. The number of aryl methyl sites for hydroxylation is 1. The van der Waals surface area contributed by atoms with Crippen molar-refractivity contribution in [2.75, 3.05) is 18.0 Å². The number of H-pyrrole nitrogens is 1. The molecule has 0 spiro atoms. The van der Waals surface area contributed by atoms with Gasteiger partial charge in [-0.05, 0) is 32.9 Å². The molecule has 2 N–H and O–H groups in total. The Bertz CT molecular complexity index is 629. The van der Waals surface area contributed by atoms with Crippen LogP contribution in [0.4, 0.5) is 10.3 Å². The van der Waals surface area contributed by atoms with Crippen molar-refractivity contribution in [2.45, 2.75) is 32.9 Å². The summed E-state index contributed by atoms with van der Waals surface area (Å²) in [6.45, 7) is 7.89. The van der Waals surface area contributed by atoms with Gasteiger partial charge in [-0.15, -0.1) is 5.10 Å². The van der Waals surface area contributed by atoms with Crippen molar-refractivity contribution in [1.29, 1.82) is 0 Å². The van der Waals surface area contributed by atoms with Gasteiger partial charge >= 0.3 is 0 Å². The van der Waals surface area contributed by atoms with E-state index in [1.54, 1.807) is 12.1 Å². The van der Waals surface area contributed by atoms with Gasteiger partial charge in [0.15, 0.2) is 5.82 Å². The number of aromatic amines is 1. The summed E-state index contributed by atoms with van der Waals surface area (Å²) in [6, 6.07) is 5.75. The molecule has 6 heteroatoms. The van der Waals surface area contributed by atoms with Crippen molar-refractivity contribution >= 4 is 5.95 Å². The SMILES string of the molecule is Cc1ccc(F)c(-c2nc(N3CC(C)NC(C)C3)n[nH]2)c1. The van der Waals surface area contributed by atoms with Crippen LogP contribution in [0, 0.1) is 12.7 Å². The average molecular weight is 289 g/mol. The maximum atomic E-state index is 13.9. The number of hydrogen-bond donors (Lipinski definition) is 2. The first-order chi connectivity index (χ1) is 10.0. The Balaban J connectivity index is 1.88. The van der Waals surface area contributed by atoms with Gasteiger partial charge in [-0.3, -0.25) is 5.10 Å². The molecular weight excluding hydrogens is 269 g/mol. The highest BCUT2D eigenvalue weighted by Crippen LogP contribution is 2.23. The minimum atomic E-state index is -0.287. The number of anilines is 1. The summed E-state index contributed by atoms with van der Waals surface area (Å²) in [5.74, 6) is 0.821. The highest BCUT2D eigenvalue weighted by molar-refractivity contribution is 5.58. The normalized spacial score (nSPS) is 22.6. The smallest absolute Gasteiger partial charge is 0.245 e. The second kappa shape index (κ2) is 5.44. The van der Waals surface area contributed by atoms with Crippen LogP contribution in [-0.4, -0.2) is 40.4 Å². The van der Waals surface area contributed by atoms with Crippen molar-refractivity contribution in [3.8, 4) is 11.4 Å². The summed E-state index contributed by atoms with van der Waals surface area (Å²) in [7, 11) is 0. The summed E-state index contributed by atoms with van der Waals surface area (Å²) >= 11 is 0. The molecule has 1 aliphatic heterocycles. The van der Waals surface area contributed by atoms with Crippen LogP contribution in [0.3, 0.4) is 0 Å². The summed E-state index contributed by atoms with van der Waals surface area (Å²) in [5.41, 5.74) is 1.46. The Hall–Kier alpha value is -1.95. The molecule has 3 rings (SSSR count). The third-order valence-electron chi connectivity index (χ3n) is 3.69. The summed E-state index contributed by atoms with van der Waals surface area (Å²) in [4.78, 5) is 6.59. The van der Waals surface area contributed by atoms with Crippen LogP contribution < -0.4 is 10.2 Å². The van der Waals surface area contributed by atoms with Gasteiger partial charge < -0.3 is 10.2 Å². The first-order valence-electron chi connectivity index (χ1n) is 7.23. The van der Waals surface area contributed by atoms with Gasteiger partial charge in [0.2, 0.25) is 5.95 Å². The predicted octanol–water partition coefficient (Wildman–Crippen LogP) is 2.11. The second-order valence-corrected chi connectivity index (χ2v) is 5.84. The van der Waals surface area contributed by atoms with Crippen molar-refractivity contribution in [1.82, 2.24) is 20.5 Å². The fourth-order valence-corrected chi connectivity index (χ4v) is 2.83. The van der Waals surface area contributed by atoms with E-state index in [1.165, 1.54) is 6.07 Å². The molecule has 1 aliphatic rings. The lowest BCUT2D eigenvalue weighted by Crippen LogP contribution is -2.54. The number of nitrogens with zero attached hydrogens (tertiary/aromatic N) is 3. The molecular formula is C15H20FN5. The number of halogens is 1. The molecule has 1 aromatic heterocycles. The van der Waals surface area contributed by atoms with Gasteiger partial charge in [-0.25, -0.2) is 4.39 Å². The largest absolute Gasteiger partial charge is 0.336 e. The van der Waals surface area contributed by atoms with Gasteiger partial charge in [-0.2, -0.15) is 4.98 Å². The lowest BCUT2D eigenvalue weighted by Gasteiger charge is -2.35. The summed E-state index contributed by atoms with van der Waals surface area (Å²) in [5, 5.41) is 10.6. The first-order valence-corrected chi connectivity index (χ1v) is 7.23. The minimum absolute atomic E-state index is 0.287. The van der Waals surface area contributed by atoms with Crippen molar-refractivity contribution in [3.05, 3.63) is 29.6 Å². The number of aromatic nitrogens is 3. The quantitative estimate of drug-likeness (QED) is 0.889. The van der Waals surface area contributed by atoms with Crippen molar-refractivity contribution in [3.63, 3.8) is 0 Å². The van der Waals surface area contributed by atoms with E-state index >= 15 is 0 Å². The van der Waals surface area contributed by atoms with Crippen molar-refractivity contribution in [2.24, 2.45) is 0 Å². The lowest BCUT2D eigenvalue weighted by molar-refractivity contribution is 0.403. The molecule has 2 unspecified atom stereocenters. The molecule has 112 valence electrons. The Labute approximate surface area is 123 Å². The monoisotopic (exact) mass is 289 g/mol. The molecule has 21 heavy (non-hydrogen) atoms. The highest BCUT2D eigenvalue weighted by atomic mass is 19.1. The zero-order valence-corrected chi connectivity index (χ0v) is 12.5. The van der Waals surface area contributed by atoms with E-state index in [2.05, 4.69) is 39.2 Å². The number of rotatable bonds is 2. The zero-order chi connectivity index (χ0) is 15.0. The lowest BCUT2D eigenvalue weighted by atomic mass is 10.1. The molecule has 0 amide bonds. The summed E-state index contributed by atoms with van der Waals surface area (Å²) < 4.78 is 13.9. The standard InChI is InChI=1S/C15H20FN5/c1-9-4-5-13(16)12(6-9)14-18-15(20-19-14)21-7-10(2)17-11(3)8-21/h4-6,10-11,17H,7-8H2,1-3H3,(H,18,19,20). The molecule has 0 bridgehead atoms. The molecule has 0 aliphatic carbocycles. The predicted molar refractivity (Wildman–Crippen MR) is 80.8 cm³/mol. The Morgan fingerprint density at radius 1 is 1.24 bits per heavy atom. The third-order valence-corrected chi connectivity index (χ3v) is 3.69. The van der Waals surface area contributed by atoms with Gasteiger partial charge in [0.1, 0.15) is 5.82 Å². The zero-order valence-electron chi connectivity index (χ0n) is 12.5. The number of hydrogen-bond acceptors (Lipinski definition) is 4. The van der Waals surface area contributed by atoms with E-state index in [0.717, 1.165) is 18.7 Å². The number of nitrogens with one attached hydrogen (secondary N) is 2. The molecule has 2 aromatic rings. The van der Waals surface area contributed by atoms with Gasteiger partial charge in [0.05, 0.1) is 5.56 Å². The average Bonchev–Trinajstić information content (AvgIpc) is 2.90. The third kappa shape index (κ3) is 2.90. The van der Waals surface area contributed by atoms with Crippen LogP contribution in [-0.2, 0) is 0 Å². The number of benzene rings is 1. The fourth-order valence-electron chi connectivity index (χ4n) is 2.83. The second-order valence-electron chi connectivity index (χ2n) is 5.84. The van der Waals surface area contributed by atoms with Crippen LogP contribution in [0.5, 0.6) is 0 Å². The Morgan fingerprint density at radius 3 is 2.67 bits per heavy atom. The van der Waals surface area contributed by atoms with E-state index in [0.29, 0.717) is 29.4 Å². The van der Waals surface area contributed by atoms with Crippen LogP contribution in [0.1, 0.15) is 19.4 Å². The molecule has 5 nitrogen and oxygen atoms in total. The van der Waals surface area contributed by atoms with E-state index in [-0.39, 0.29) is 5.82 Å². The van der Waals surface area contributed by atoms with Crippen molar-refractivity contribution < 1.29 is 4.39 Å². The van der Waals surface area contributed by atoms with Gasteiger partial charge in [0.25, 0.3) is 0 Å². The maximum absolute atomic E-state index is 13.9. The van der Waals surface area contributed by atoms with Crippen LogP contribution in [0.2, 0.25) is 0 Å². The van der Waals surface area contributed by atoms with E-state index < -0.39 is 0 Å². The van der Waals surface area contributed by atoms with Crippen LogP contribution >= 0.6 is 0 Å². The molecule has 0 radical (unpaired) electrons. The topological polar surface area (TPSA) is 56.8 Å². The summed E-state index contributed by atoms with van der Waals surface area (Å²) in [6.07, 6.45) is 0. The number of piperazine rings is 1. The van der Waals surface area contributed by atoms with Crippen LogP contribution in [0.25, 0.3) is 11.4 Å². The van der Waals surface area contributed by atoms with Gasteiger partial charge in [0, 0.05) is 25.2 Å². The van der Waals surface area contributed by atoms with E-state index in [9.17, 15) is 4.39 Å². The Kier molecular flexibility index (Phi) is 3.63. The molecule has 0 saturated carbocycles. The molecule has 1 saturated heterocycles. The molecule has 1 fully saturated rings. The fraction of sp³-hybridized carbons (Fsp3) is 0.467. The van der Waals surface area contributed by atoms with E-state index in [4.69, 9.17) is 0 Å². The molecule has 2 atom stereocenters. The molecule has 1 aromatic carbocycles. The maximum Gasteiger partial charge on any atom is 0.245 e. The van der Waals surface area contributed by atoms with E-state index in [1.807, 2.05) is 6.92 Å². The van der Waals surface area contributed by atoms with Crippen LogP contribution in [0.15, 0.2) is 18.2 Å². The van der Waals surface area contributed by atoms with Gasteiger partial charge in [-0.1, -0.05) is 11.6 Å². The Morgan fingerprint density at radius 2 is 1.95 bits per heavy atom. The molecule has 2 heterocycles.